The third-order valence-electron chi connectivity index (χ3n) is 5.51. The molecular weight excluding hydrogens is 386 g/mol. The predicted molar refractivity (Wildman–Crippen MR) is 107 cm³/mol. The van der Waals surface area contributed by atoms with Gasteiger partial charge in [0.15, 0.2) is 5.76 Å². The van der Waals surface area contributed by atoms with Crippen molar-refractivity contribution in [3.05, 3.63) is 51.3 Å². The van der Waals surface area contributed by atoms with Crippen LogP contribution in [0.4, 0.5) is 5.69 Å². The van der Waals surface area contributed by atoms with E-state index in [-0.39, 0.29) is 28.5 Å². The number of aromatic nitrogens is 1. The van der Waals surface area contributed by atoms with Gasteiger partial charge in [0, 0.05) is 18.2 Å². The number of aromatic amines is 1. The molecule has 0 radical (unpaired) electrons. The Balaban J connectivity index is 1.25. The Hall–Kier alpha value is -2.12. The summed E-state index contributed by atoms with van der Waals surface area (Å²) >= 11 is 11.2. The van der Waals surface area contributed by atoms with Gasteiger partial charge in [-0.05, 0) is 56.2 Å². The van der Waals surface area contributed by atoms with E-state index in [1.54, 1.807) is 0 Å². The molecule has 0 aromatic carbocycles. The van der Waals surface area contributed by atoms with E-state index in [4.69, 9.17) is 28.2 Å². The second kappa shape index (κ2) is 6.80. The molecule has 27 heavy (non-hydrogen) atoms. The summed E-state index contributed by atoms with van der Waals surface area (Å²) < 4.78 is 5.54. The molecule has 0 bridgehead atoms. The van der Waals surface area contributed by atoms with Gasteiger partial charge < -0.3 is 20.0 Å². The second-order valence-corrected chi connectivity index (χ2v) is 8.49. The minimum atomic E-state index is -0.351. The molecule has 2 aromatic heterocycles. The fourth-order valence-electron chi connectivity index (χ4n) is 4.19. The van der Waals surface area contributed by atoms with Gasteiger partial charge in [-0.2, -0.15) is 0 Å². The highest BCUT2D eigenvalue weighted by Crippen LogP contribution is 2.58. The van der Waals surface area contributed by atoms with Crippen LogP contribution in [-0.2, 0) is 4.79 Å². The predicted octanol–water partition coefficient (Wildman–Crippen LogP) is 3.39. The zero-order valence-electron chi connectivity index (χ0n) is 14.8. The van der Waals surface area contributed by atoms with E-state index in [0.717, 1.165) is 31.4 Å². The van der Waals surface area contributed by atoms with Crippen LogP contribution in [-0.4, -0.2) is 21.9 Å². The van der Waals surface area contributed by atoms with Crippen molar-refractivity contribution in [1.29, 1.82) is 0 Å². The van der Waals surface area contributed by atoms with Crippen LogP contribution < -0.4 is 16.2 Å². The molecule has 1 spiro atoms. The molecule has 3 N–H and O–H groups in total. The Morgan fingerprint density at radius 2 is 2.07 bits per heavy atom. The van der Waals surface area contributed by atoms with E-state index in [0.29, 0.717) is 21.8 Å². The molecule has 6 nitrogen and oxygen atoms in total. The second-order valence-electron chi connectivity index (χ2n) is 7.64. The Bertz CT molecular complexity index is 953. The van der Waals surface area contributed by atoms with Gasteiger partial charge in [0.1, 0.15) is 16.4 Å². The number of halogens is 1. The number of amides is 1. The van der Waals surface area contributed by atoms with E-state index < -0.39 is 0 Å². The van der Waals surface area contributed by atoms with Gasteiger partial charge in [-0.15, -0.1) is 0 Å². The molecule has 0 saturated heterocycles. The highest BCUT2D eigenvalue weighted by Gasteiger charge is 2.54. The summed E-state index contributed by atoms with van der Waals surface area (Å²) in [4.78, 5) is 27.2. The van der Waals surface area contributed by atoms with Crippen LogP contribution in [0.5, 0.6) is 0 Å². The lowest BCUT2D eigenvalue weighted by molar-refractivity contribution is -0.132. The number of anilines is 1. The Labute approximate surface area is 166 Å². The van der Waals surface area contributed by atoms with E-state index in [1.807, 2.05) is 19.1 Å². The molecule has 0 unspecified atom stereocenters. The monoisotopic (exact) mass is 405 g/mol. The molecule has 0 atom stereocenters. The first-order valence-corrected chi connectivity index (χ1v) is 9.69. The molecule has 2 aliphatic carbocycles. The van der Waals surface area contributed by atoms with E-state index >= 15 is 0 Å². The minimum absolute atomic E-state index is 0.0657. The van der Waals surface area contributed by atoms with Crippen molar-refractivity contribution in [1.82, 2.24) is 10.3 Å². The summed E-state index contributed by atoms with van der Waals surface area (Å²) in [5.41, 5.74) is 0.0619. The van der Waals surface area contributed by atoms with Crippen molar-refractivity contribution in [3.63, 3.8) is 0 Å². The average molecular weight is 406 g/mol. The van der Waals surface area contributed by atoms with Crippen LogP contribution in [0.25, 0.3) is 0 Å². The average Bonchev–Trinajstić information content (AvgIpc) is 2.98. The molecule has 2 heterocycles. The van der Waals surface area contributed by atoms with Crippen molar-refractivity contribution >= 4 is 40.4 Å². The number of hydrogen-bond donors (Lipinski definition) is 3. The number of carbonyl (C=O) groups excluding carboxylic acids is 1. The highest BCUT2D eigenvalue weighted by molar-refractivity contribution is 7.80. The van der Waals surface area contributed by atoms with E-state index in [2.05, 4.69) is 15.6 Å². The molecule has 142 valence electrons. The number of thiocarbonyl (C=S) groups is 1. The maximum Gasteiger partial charge on any atom is 0.271 e. The van der Waals surface area contributed by atoms with Gasteiger partial charge in [-0.3, -0.25) is 9.59 Å². The van der Waals surface area contributed by atoms with Crippen molar-refractivity contribution < 1.29 is 9.21 Å². The Morgan fingerprint density at radius 1 is 1.33 bits per heavy atom. The summed E-state index contributed by atoms with van der Waals surface area (Å²) in [6, 6.07) is 5.56. The van der Waals surface area contributed by atoms with Crippen LogP contribution in [0.2, 0.25) is 5.02 Å². The molecular formula is C19H20ClN3O3S. The standard InChI is InChI=1S/C19H20ClN3O3S/c1-10-2-3-15(26-10)18(27)22-13-7-19(8-13)5-11(6-19)16(24)23-14-4-12(20)9-21-17(14)25/h2-4,9,11,13H,5-8H2,1H3,(H,21,25)(H,22,27)(H,23,24). The van der Waals surface area contributed by atoms with Crippen molar-refractivity contribution in [2.75, 3.05) is 5.32 Å². The van der Waals surface area contributed by atoms with Crippen LogP contribution in [0.15, 0.2) is 33.6 Å². The number of rotatable bonds is 4. The lowest BCUT2D eigenvalue weighted by Crippen LogP contribution is -2.57. The Kier molecular flexibility index (Phi) is 4.60. The summed E-state index contributed by atoms with van der Waals surface area (Å²) in [7, 11) is 0. The first-order valence-electron chi connectivity index (χ1n) is 8.90. The van der Waals surface area contributed by atoms with Crippen LogP contribution in [0.1, 0.15) is 37.2 Å². The zero-order valence-corrected chi connectivity index (χ0v) is 16.4. The number of nitrogens with one attached hydrogen (secondary N) is 3. The quantitative estimate of drug-likeness (QED) is 0.678. The smallest absolute Gasteiger partial charge is 0.271 e. The van der Waals surface area contributed by atoms with Crippen molar-refractivity contribution in [2.24, 2.45) is 11.3 Å². The van der Waals surface area contributed by atoms with Gasteiger partial charge in [-0.25, -0.2) is 0 Å². The normalized spacial score (nSPS) is 26.1. The first kappa shape index (κ1) is 18.3. The SMILES string of the molecule is Cc1ccc(C(=S)NC2CC3(C2)CC(C(=O)Nc2cc(Cl)c[nH]c2=O)C3)o1. The lowest BCUT2D eigenvalue weighted by Gasteiger charge is -2.57. The van der Waals surface area contributed by atoms with Gasteiger partial charge in [-0.1, -0.05) is 23.8 Å². The molecule has 8 heteroatoms. The number of hydrogen-bond acceptors (Lipinski definition) is 4. The van der Waals surface area contributed by atoms with Gasteiger partial charge in [0.25, 0.3) is 5.56 Å². The molecule has 2 aromatic rings. The fraction of sp³-hybridized carbons (Fsp3) is 0.421. The van der Waals surface area contributed by atoms with E-state index in [9.17, 15) is 9.59 Å². The first-order chi connectivity index (χ1) is 12.8. The van der Waals surface area contributed by atoms with Crippen molar-refractivity contribution in [3.8, 4) is 0 Å². The maximum atomic E-state index is 12.4. The minimum Gasteiger partial charge on any atom is -0.459 e. The topological polar surface area (TPSA) is 87.1 Å². The third-order valence-corrected chi connectivity index (χ3v) is 6.05. The number of carbonyl (C=O) groups is 1. The molecule has 2 aliphatic rings. The Morgan fingerprint density at radius 3 is 2.74 bits per heavy atom. The zero-order chi connectivity index (χ0) is 19.2. The van der Waals surface area contributed by atoms with Gasteiger partial charge in [0.2, 0.25) is 5.91 Å². The largest absolute Gasteiger partial charge is 0.459 e. The summed E-state index contributed by atoms with van der Waals surface area (Å²) in [6.07, 6.45) is 5.06. The molecule has 2 fully saturated rings. The molecule has 2 saturated carbocycles. The summed E-state index contributed by atoms with van der Waals surface area (Å²) in [5.74, 6) is 1.35. The third kappa shape index (κ3) is 3.66. The maximum absolute atomic E-state index is 12.4. The number of aryl methyl sites for hydroxylation is 1. The van der Waals surface area contributed by atoms with E-state index in [1.165, 1.54) is 12.3 Å². The van der Waals surface area contributed by atoms with Crippen molar-refractivity contribution in [2.45, 2.75) is 38.6 Å². The molecule has 4 rings (SSSR count). The number of pyridine rings is 1. The molecule has 0 aliphatic heterocycles. The molecule has 1 amide bonds. The summed E-state index contributed by atoms with van der Waals surface area (Å²) in [6.45, 7) is 1.89. The highest BCUT2D eigenvalue weighted by atomic mass is 35.5. The van der Waals surface area contributed by atoms with Crippen LogP contribution in [0.3, 0.4) is 0 Å². The van der Waals surface area contributed by atoms with Crippen LogP contribution in [0, 0.1) is 18.3 Å². The summed E-state index contributed by atoms with van der Waals surface area (Å²) in [5, 5.41) is 6.41. The number of furan rings is 1. The fourth-order valence-corrected chi connectivity index (χ4v) is 4.63. The van der Waals surface area contributed by atoms with Gasteiger partial charge in [0.05, 0.1) is 5.02 Å². The lowest BCUT2D eigenvalue weighted by atomic mass is 9.50. The van der Waals surface area contributed by atoms with Gasteiger partial charge >= 0.3 is 0 Å². The number of H-pyrrole nitrogens is 1. The van der Waals surface area contributed by atoms with Crippen LogP contribution >= 0.6 is 23.8 Å².